The third kappa shape index (κ3) is 4.46. The van der Waals surface area contributed by atoms with Crippen LogP contribution >= 0.6 is 12.2 Å². The van der Waals surface area contributed by atoms with Crippen molar-refractivity contribution in [1.82, 2.24) is 16.1 Å². The van der Waals surface area contributed by atoms with Crippen LogP contribution in [0.5, 0.6) is 17.2 Å². The van der Waals surface area contributed by atoms with E-state index >= 15 is 0 Å². The SMILES string of the molecule is COc1cc(C2NC(=S)NC(C)=C2C(=O)NN=Cc2ccccc2O)ccc1O. The van der Waals surface area contributed by atoms with Gasteiger partial charge < -0.3 is 25.6 Å². The molecule has 8 nitrogen and oxygen atoms in total. The molecule has 1 amide bonds. The Morgan fingerprint density at radius 1 is 1.24 bits per heavy atom. The number of carbonyl (C=O) groups excluding carboxylic acids is 1. The summed E-state index contributed by atoms with van der Waals surface area (Å²) in [6.45, 7) is 1.74. The van der Waals surface area contributed by atoms with Crippen LogP contribution in [0.15, 0.2) is 58.8 Å². The van der Waals surface area contributed by atoms with Crippen molar-refractivity contribution in [2.45, 2.75) is 13.0 Å². The lowest BCUT2D eigenvalue weighted by atomic mass is 9.95. The first-order valence-electron chi connectivity index (χ1n) is 8.67. The van der Waals surface area contributed by atoms with E-state index in [4.69, 9.17) is 17.0 Å². The molecule has 0 spiro atoms. The van der Waals surface area contributed by atoms with Gasteiger partial charge in [-0.05, 0) is 49.0 Å². The van der Waals surface area contributed by atoms with Crippen molar-refractivity contribution in [3.63, 3.8) is 0 Å². The molecule has 0 fully saturated rings. The number of rotatable bonds is 5. The average Bonchev–Trinajstić information content (AvgIpc) is 2.69. The predicted molar refractivity (Wildman–Crippen MR) is 113 cm³/mol. The van der Waals surface area contributed by atoms with Gasteiger partial charge in [0.1, 0.15) is 5.75 Å². The Hall–Kier alpha value is -3.59. The van der Waals surface area contributed by atoms with Crippen molar-refractivity contribution in [2.24, 2.45) is 5.10 Å². The van der Waals surface area contributed by atoms with Crippen LogP contribution in [-0.2, 0) is 4.79 Å². The van der Waals surface area contributed by atoms with Crippen LogP contribution in [0.3, 0.4) is 0 Å². The Labute approximate surface area is 172 Å². The minimum atomic E-state index is -0.571. The second kappa shape index (κ2) is 8.61. The largest absolute Gasteiger partial charge is 0.507 e. The highest BCUT2D eigenvalue weighted by molar-refractivity contribution is 7.80. The average molecular weight is 412 g/mol. The van der Waals surface area contributed by atoms with Crippen molar-refractivity contribution in [3.8, 4) is 17.2 Å². The number of nitrogens with zero attached hydrogens (tertiary/aromatic N) is 1. The fourth-order valence-electron chi connectivity index (χ4n) is 2.94. The summed E-state index contributed by atoms with van der Waals surface area (Å²) in [5.41, 5.74) is 4.57. The Morgan fingerprint density at radius 3 is 2.72 bits per heavy atom. The van der Waals surface area contributed by atoms with Crippen LogP contribution in [0.1, 0.15) is 24.1 Å². The molecule has 0 aliphatic carbocycles. The maximum Gasteiger partial charge on any atom is 0.271 e. The summed E-state index contributed by atoms with van der Waals surface area (Å²) in [6, 6.07) is 10.9. The molecule has 1 unspecified atom stereocenters. The van der Waals surface area contributed by atoms with E-state index in [1.807, 2.05) is 0 Å². The number of aromatic hydroxyl groups is 2. The zero-order valence-electron chi connectivity index (χ0n) is 15.8. The number of carbonyl (C=O) groups is 1. The lowest BCUT2D eigenvalue weighted by molar-refractivity contribution is -0.117. The first-order chi connectivity index (χ1) is 13.9. The Kier molecular flexibility index (Phi) is 5.99. The van der Waals surface area contributed by atoms with Crippen molar-refractivity contribution in [3.05, 3.63) is 64.9 Å². The Balaban J connectivity index is 1.87. The van der Waals surface area contributed by atoms with Crippen molar-refractivity contribution < 1.29 is 19.7 Å². The molecule has 0 saturated heterocycles. The van der Waals surface area contributed by atoms with Gasteiger partial charge in [0.2, 0.25) is 0 Å². The van der Waals surface area contributed by atoms with E-state index in [-0.39, 0.29) is 17.2 Å². The van der Waals surface area contributed by atoms with Crippen LogP contribution in [0, 0.1) is 0 Å². The minimum Gasteiger partial charge on any atom is -0.507 e. The fraction of sp³-hybridized carbons (Fsp3) is 0.150. The molecule has 1 atom stereocenters. The van der Waals surface area contributed by atoms with Crippen LogP contribution in [0.25, 0.3) is 0 Å². The molecule has 5 N–H and O–H groups in total. The Morgan fingerprint density at radius 2 is 2.00 bits per heavy atom. The first-order valence-corrected chi connectivity index (χ1v) is 9.08. The molecule has 2 aromatic rings. The van der Waals surface area contributed by atoms with Crippen molar-refractivity contribution in [1.29, 1.82) is 0 Å². The van der Waals surface area contributed by atoms with Crippen molar-refractivity contribution >= 4 is 29.5 Å². The van der Waals surface area contributed by atoms with Gasteiger partial charge in [0.05, 0.1) is 24.9 Å². The van der Waals surface area contributed by atoms with Gasteiger partial charge in [-0.1, -0.05) is 18.2 Å². The van der Waals surface area contributed by atoms with E-state index in [2.05, 4.69) is 21.2 Å². The number of allylic oxidation sites excluding steroid dienone is 1. The molecule has 29 heavy (non-hydrogen) atoms. The standard InChI is InChI=1S/C20H20N4O4S/c1-11-17(19(27)24-21-10-13-5-3-4-6-14(13)25)18(23-20(29)22-11)12-7-8-15(26)16(9-12)28-2/h3-10,18,25-26H,1-2H3,(H,24,27)(H2,22,23,29). The number of thiocarbonyl (C=S) groups is 1. The maximum absolute atomic E-state index is 12.8. The first kappa shape index (κ1) is 20.2. The van der Waals surface area contributed by atoms with Gasteiger partial charge in [-0.2, -0.15) is 5.10 Å². The number of para-hydroxylation sites is 1. The highest BCUT2D eigenvalue weighted by Gasteiger charge is 2.30. The number of hydrogen-bond donors (Lipinski definition) is 5. The molecule has 150 valence electrons. The van der Waals surface area contributed by atoms with E-state index < -0.39 is 11.9 Å². The van der Waals surface area contributed by atoms with E-state index in [9.17, 15) is 15.0 Å². The number of hydrazone groups is 1. The highest BCUT2D eigenvalue weighted by atomic mass is 32.1. The van der Waals surface area contributed by atoms with Gasteiger partial charge in [-0.3, -0.25) is 4.79 Å². The third-order valence-corrected chi connectivity index (χ3v) is 4.58. The predicted octanol–water partition coefficient (Wildman–Crippen LogP) is 2.05. The number of hydrogen-bond acceptors (Lipinski definition) is 6. The fourth-order valence-corrected chi connectivity index (χ4v) is 3.21. The van der Waals surface area contributed by atoms with Crippen LogP contribution in [-0.4, -0.2) is 34.6 Å². The molecular weight excluding hydrogens is 392 g/mol. The molecule has 0 radical (unpaired) electrons. The second-order valence-corrected chi connectivity index (χ2v) is 6.67. The lowest BCUT2D eigenvalue weighted by Gasteiger charge is -2.30. The summed E-state index contributed by atoms with van der Waals surface area (Å²) in [5.74, 6) is -0.120. The number of amides is 1. The molecule has 3 rings (SSSR count). The van der Waals surface area contributed by atoms with Crippen molar-refractivity contribution in [2.75, 3.05) is 7.11 Å². The molecule has 0 saturated carbocycles. The van der Waals surface area contributed by atoms with Gasteiger partial charge in [0.15, 0.2) is 16.6 Å². The topological polar surface area (TPSA) is 115 Å². The summed E-state index contributed by atoms with van der Waals surface area (Å²) in [7, 11) is 1.45. The minimum absolute atomic E-state index is 0.00765. The highest BCUT2D eigenvalue weighted by Crippen LogP contribution is 2.33. The van der Waals surface area contributed by atoms with E-state index in [1.165, 1.54) is 25.5 Å². The normalized spacial score (nSPS) is 16.3. The number of nitrogens with one attached hydrogen (secondary N) is 3. The molecular formula is C20H20N4O4S. The molecule has 2 aromatic carbocycles. The Bertz CT molecular complexity index is 1020. The number of phenolic OH excluding ortho intramolecular Hbond substituents is 2. The summed E-state index contributed by atoms with van der Waals surface area (Å²) < 4.78 is 5.16. The number of benzene rings is 2. The van der Waals surface area contributed by atoms with E-state index in [1.54, 1.807) is 37.3 Å². The molecule has 1 heterocycles. The zero-order chi connectivity index (χ0) is 21.0. The van der Waals surface area contributed by atoms with E-state index in [0.717, 1.165) is 0 Å². The molecule has 0 bridgehead atoms. The summed E-state index contributed by atoms with van der Waals surface area (Å²) in [5, 5.41) is 29.9. The van der Waals surface area contributed by atoms with Gasteiger partial charge in [-0.25, -0.2) is 5.43 Å². The number of methoxy groups -OCH3 is 1. The summed E-state index contributed by atoms with van der Waals surface area (Å²) in [6.07, 6.45) is 1.36. The zero-order valence-corrected chi connectivity index (χ0v) is 16.6. The summed E-state index contributed by atoms with van der Waals surface area (Å²) >= 11 is 5.23. The van der Waals surface area contributed by atoms with Crippen LogP contribution in [0.4, 0.5) is 0 Å². The number of ether oxygens (including phenoxy) is 1. The molecule has 9 heteroatoms. The maximum atomic E-state index is 12.8. The molecule has 0 aromatic heterocycles. The van der Waals surface area contributed by atoms with E-state index in [0.29, 0.717) is 27.5 Å². The van der Waals surface area contributed by atoms with Crippen LogP contribution in [0.2, 0.25) is 0 Å². The lowest BCUT2D eigenvalue weighted by Crippen LogP contribution is -2.46. The van der Waals surface area contributed by atoms with Gasteiger partial charge in [-0.15, -0.1) is 0 Å². The quantitative estimate of drug-likeness (QED) is 0.290. The van der Waals surface area contributed by atoms with Crippen LogP contribution < -0.4 is 20.8 Å². The summed E-state index contributed by atoms with van der Waals surface area (Å²) in [4.78, 5) is 12.8. The number of phenols is 2. The van der Waals surface area contributed by atoms with Gasteiger partial charge >= 0.3 is 0 Å². The smallest absolute Gasteiger partial charge is 0.271 e. The molecule has 1 aliphatic heterocycles. The molecule has 1 aliphatic rings. The van der Waals surface area contributed by atoms with Gasteiger partial charge in [0.25, 0.3) is 5.91 Å². The van der Waals surface area contributed by atoms with Gasteiger partial charge in [0, 0.05) is 11.3 Å². The third-order valence-electron chi connectivity index (χ3n) is 4.36. The monoisotopic (exact) mass is 412 g/mol. The second-order valence-electron chi connectivity index (χ2n) is 6.26.